The zero-order chi connectivity index (χ0) is 20.3. The van der Waals surface area contributed by atoms with Gasteiger partial charge in [0.05, 0.1) is 10.6 Å². The van der Waals surface area contributed by atoms with Gasteiger partial charge in [0.15, 0.2) is 0 Å². The van der Waals surface area contributed by atoms with Crippen LogP contribution in [0.3, 0.4) is 0 Å². The summed E-state index contributed by atoms with van der Waals surface area (Å²) in [7, 11) is -2.23. The van der Waals surface area contributed by atoms with Crippen LogP contribution in [-0.2, 0) is 10.0 Å². The SMILES string of the molecule is Cc1ccccc1NC(=O)c1ccc(C)c(N(C)S(=O)(=O)c2ccccc2)c1. The first kappa shape index (κ1) is 19.6. The summed E-state index contributed by atoms with van der Waals surface area (Å²) < 4.78 is 27.1. The Balaban J connectivity index is 1.93. The van der Waals surface area contributed by atoms with Gasteiger partial charge in [-0.2, -0.15) is 0 Å². The van der Waals surface area contributed by atoms with E-state index in [-0.39, 0.29) is 10.8 Å². The number of carbonyl (C=O) groups is 1. The fraction of sp³-hybridized carbons (Fsp3) is 0.136. The lowest BCUT2D eigenvalue weighted by Crippen LogP contribution is -2.27. The van der Waals surface area contributed by atoms with Crippen LogP contribution in [0.15, 0.2) is 77.7 Å². The van der Waals surface area contributed by atoms with E-state index >= 15 is 0 Å². The topological polar surface area (TPSA) is 66.5 Å². The molecule has 6 heteroatoms. The van der Waals surface area contributed by atoms with E-state index in [1.165, 1.54) is 11.4 Å². The maximum Gasteiger partial charge on any atom is 0.264 e. The molecule has 0 radical (unpaired) electrons. The minimum Gasteiger partial charge on any atom is -0.322 e. The van der Waals surface area contributed by atoms with Crippen molar-refractivity contribution >= 4 is 27.3 Å². The number of hydrogen-bond donors (Lipinski definition) is 1. The van der Waals surface area contributed by atoms with Crippen molar-refractivity contribution in [3.05, 3.63) is 89.5 Å². The van der Waals surface area contributed by atoms with Gasteiger partial charge in [-0.15, -0.1) is 0 Å². The Hall–Kier alpha value is -3.12. The van der Waals surface area contributed by atoms with Crippen LogP contribution < -0.4 is 9.62 Å². The highest BCUT2D eigenvalue weighted by atomic mass is 32.2. The molecule has 0 fully saturated rings. The molecule has 0 heterocycles. The summed E-state index contributed by atoms with van der Waals surface area (Å²) in [6.07, 6.45) is 0. The van der Waals surface area contributed by atoms with E-state index in [4.69, 9.17) is 0 Å². The van der Waals surface area contributed by atoms with Crippen LogP contribution in [0.2, 0.25) is 0 Å². The van der Waals surface area contributed by atoms with Crippen LogP contribution >= 0.6 is 0 Å². The third kappa shape index (κ3) is 3.92. The Morgan fingerprint density at radius 1 is 0.857 bits per heavy atom. The molecular formula is C22H22N2O3S. The van der Waals surface area contributed by atoms with Crippen molar-refractivity contribution in [1.29, 1.82) is 0 Å². The summed E-state index contributed by atoms with van der Waals surface area (Å²) in [5.41, 5.74) is 3.28. The first-order chi connectivity index (χ1) is 13.3. The second-order valence-corrected chi connectivity index (χ2v) is 8.53. The maximum absolute atomic E-state index is 12.9. The van der Waals surface area contributed by atoms with Crippen LogP contribution in [0.4, 0.5) is 11.4 Å². The van der Waals surface area contributed by atoms with Crippen molar-refractivity contribution in [2.45, 2.75) is 18.7 Å². The van der Waals surface area contributed by atoms with Crippen molar-refractivity contribution in [2.24, 2.45) is 0 Å². The highest BCUT2D eigenvalue weighted by Crippen LogP contribution is 2.27. The summed E-state index contributed by atoms with van der Waals surface area (Å²) in [4.78, 5) is 12.9. The van der Waals surface area contributed by atoms with Gasteiger partial charge in [0.1, 0.15) is 0 Å². The maximum atomic E-state index is 12.9. The van der Waals surface area contributed by atoms with Gasteiger partial charge < -0.3 is 5.32 Å². The van der Waals surface area contributed by atoms with Crippen molar-refractivity contribution < 1.29 is 13.2 Å². The molecule has 1 amide bonds. The summed E-state index contributed by atoms with van der Waals surface area (Å²) in [6, 6.07) is 20.8. The van der Waals surface area contributed by atoms with E-state index in [0.29, 0.717) is 11.3 Å². The lowest BCUT2D eigenvalue weighted by molar-refractivity contribution is 0.102. The van der Waals surface area contributed by atoms with Gasteiger partial charge in [-0.1, -0.05) is 42.5 Å². The smallest absolute Gasteiger partial charge is 0.264 e. The Bertz CT molecular complexity index is 1110. The average molecular weight is 394 g/mol. The second-order valence-electron chi connectivity index (χ2n) is 6.56. The van der Waals surface area contributed by atoms with Crippen LogP contribution in [0, 0.1) is 13.8 Å². The minimum atomic E-state index is -3.72. The molecule has 0 bridgehead atoms. The lowest BCUT2D eigenvalue weighted by Gasteiger charge is -2.22. The Morgan fingerprint density at radius 2 is 1.50 bits per heavy atom. The van der Waals surface area contributed by atoms with Gasteiger partial charge in [-0.3, -0.25) is 9.10 Å². The highest BCUT2D eigenvalue weighted by Gasteiger charge is 2.23. The molecule has 144 valence electrons. The third-order valence-electron chi connectivity index (χ3n) is 4.61. The first-order valence-corrected chi connectivity index (χ1v) is 10.3. The monoisotopic (exact) mass is 394 g/mol. The molecule has 3 aromatic rings. The van der Waals surface area contributed by atoms with Crippen molar-refractivity contribution in [3.63, 3.8) is 0 Å². The number of nitrogens with zero attached hydrogens (tertiary/aromatic N) is 1. The number of rotatable bonds is 5. The number of aryl methyl sites for hydroxylation is 2. The molecule has 0 saturated heterocycles. The number of anilines is 2. The lowest BCUT2D eigenvalue weighted by atomic mass is 10.1. The van der Waals surface area contributed by atoms with Gasteiger partial charge in [-0.25, -0.2) is 8.42 Å². The van der Waals surface area contributed by atoms with Gasteiger partial charge in [-0.05, 0) is 55.3 Å². The Kier molecular flexibility index (Phi) is 5.51. The Morgan fingerprint density at radius 3 is 2.18 bits per heavy atom. The fourth-order valence-corrected chi connectivity index (χ4v) is 4.15. The van der Waals surface area contributed by atoms with E-state index < -0.39 is 10.0 Å². The van der Waals surface area contributed by atoms with E-state index in [9.17, 15) is 13.2 Å². The summed E-state index contributed by atoms with van der Waals surface area (Å²) in [6.45, 7) is 3.73. The molecule has 0 unspecified atom stereocenters. The molecule has 0 aliphatic heterocycles. The predicted octanol–water partition coefficient (Wildman–Crippen LogP) is 4.38. The minimum absolute atomic E-state index is 0.201. The molecule has 0 aliphatic rings. The van der Waals surface area contributed by atoms with Crippen LogP contribution in [-0.4, -0.2) is 21.4 Å². The molecular weight excluding hydrogens is 372 g/mol. The van der Waals surface area contributed by atoms with Gasteiger partial charge in [0.25, 0.3) is 15.9 Å². The molecule has 5 nitrogen and oxygen atoms in total. The largest absolute Gasteiger partial charge is 0.322 e. The summed E-state index contributed by atoms with van der Waals surface area (Å²) >= 11 is 0. The molecule has 3 rings (SSSR count). The predicted molar refractivity (Wildman–Crippen MR) is 112 cm³/mol. The first-order valence-electron chi connectivity index (χ1n) is 8.82. The van der Waals surface area contributed by atoms with E-state index in [1.807, 2.05) is 38.1 Å². The van der Waals surface area contributed by atoms with Crippen molar-refractivity contribution in [1.82, 2.24) is 0 Å². The molecule has 28 heavy (non-hydrogen) atoms. The van der Waals surface area contributed by atoms with Crippen LogP contribution in [0.25, 0.3) is 0 Å². The number of sulfonamides is 1. The van der Waals surface area contributed by atoms with Gasteiger partial charge >= 0.3 is 0 Å². The van der Waals surface area contributed by atoms with E-state index in [1.54, 1.807) is 48.5 Å². The zero-order valence-corrected chi connectivity index (χ0v) is 16.8. The standard InChI is InChI=1S/C22H22N2O3S/c1-16-9-7-8-12-20(16)23-22(25)18-14-13-17(2)21(15-18)24(3)28(26,27)19-10-5-4-6-11-19/h4-15H,1-3H3,(H,23,25). The van der Waals surface area contributed by atoms with Crippen LogP contribution in [0.1, 0.15) is 21.5 Å². The van der Waals surface area contributed by atoms with Gasteiger partial charge in [0.2, 0.25) is 0 Å². The van der Waals surface area contributed by atoms with Crippen molar-refractivity contribution in [3.8, 4) is 0 Å². The number of nitrogens with one attached hydrogen (secondary N) is 1. The third-order valence-corrected chi connectivity index (χ3v) is 6.39. The van der Waals surface area contributed by atoms with Gasteiger partial charge in [0, 0.05) is 18.3 Å². The normalized spacial score (nSPS) is 11.1. The molecule has 0 aliphatic carbocycles. The molecule has 0 spiro atoms. The molecule has 0 saturated carbocycles. The fourth-order valence-electron chi connectivity index (χ4n) is 2.88. The number of carbonyl (C=O) groups excluding carboxylic acids is 1. The summed E-state index contributed by atoms with van der Waals surface area (Å²) in [5.74, 6) is -0.291. The Labute approximate surface area is 165 Å². The second kappa shape index (κ2) is 7.86. The van der Waals surface area contributed by atoms with Crippen LogP contribution in [0.5, 0.6) is 0 Å². The van der Waals surface area contributed by atoms with E-state index in [2.05, 4.69) is 5.32 Å². The quantitative estimate of drug-likeness (QED) is 0.698. The summed E-state index contributed by atoms with van der Waals surface area (Å²) in [5, 5.41) is 2.88. The zero-order valence-electron chi connectivity index (χ0n) is 16.0. The average Bonchev–Trinajstić information content (AvgIpc) is 2.70. The number of para-hydroxylation sites is 1. The highest BCUT2D eigenvalue weighted by molar-refractivity contribution is 7.92. The number of amides is 1. The molecule has 0 atom stereocenters. The number of hydrogen-bond acceptors (Lipinski definition) is 3. The van der Waals surface area contributed by atoms with E-state index in [0.717, 1.165) is 16.8 Å². The molecule has 3 aromatic carbocycles. The number of benzene rings is 3. The molecule has 0 aromatic heterocycles. The molecule has 1 N–H and O–H groups in total. The van der Waals surface area contributed by atoms with Crippen molar-refractivity contribution in [2.75, 3.05) is 16.7 Å².